The Kier molecular flexibility index (Phi) is 70.3. The molecule has 0 aromatic rings. The van der Waals surface area contributed by atoms with Gasteiger partial charge in [0.1, 0.15) is 19.3 Å². The number of carbonyl (C=O) groups excluding carboxylic acids is 4. The molecule has 19 heteroatoms. The molecule has 0 aliphatic heterocycles. The Labute approximate surface area is 607 Å². The van der Waals surface area contributed by atoms with Gasteiger partial charge in [0.2, 0.25) is 0 Å². The summed E-state index contributed by atoms with van der Waals surface area (Å²) in [4.78, 5) is 72.9. The molecule has 0 saturated heterocycles. The van der Waals surface area contributed by atoms with Crippen molar-refractivity contribution in [1.29, 1.82) is 0 Å². The monoisotopic (exact) mass is 1450 g/mol. The lowest BCUT2D eigenvalue weighted by Gasteiger charge is -2.21. The van der Waals surface area contributed by atoms with Crippen molar-refractivity contribution >= 4 is 39.5 Å². The minimum absolute atomic E-state index is 0.108. The van der Waals surface area contributed by atoms with E-state index in [1.165, 1.54) is 238 Å². The summed E-state index contributed by atoms with van der Waals surface area (Å²) in [6.07, 6.45) is 60.8. The fraction of sp³-hybridized carbons (Fsp3) is 0.950. The molecule has 0 amide bonds. The Morgan fingerprint density at radius 2 is 0.485 bits per heavy atom. The molecule has 7 atom stereocenters. The number of phosphoric acid groups is 2. The van der Waals surface area contributed by atoms with E-state index >= 15 is 0 Å². The molecular formula is C80H156O17P2. The highest BCUT2D eigenvalue weighted by atomic mass is 31.2. The van der Waals surface area contributed by atoms with Gasteiger partial charge in [-0.25, -0.2) is 9.13 Å². The summed E-state index contributed by atoms with van der Waals surface area (Å²) in [5, 5.41) is 10.6. The Morgan fingerprint density at radius 3 is 0.717 bits per heavy atom. The minimum Gasteiger partial charge on any atom is -0.462 e. The third-order valence-corrected chi connectivity index (χ3v) is 21.3. The van der Waals surface area contributed by atoms with Crippen molar-refractivity contribution < 1.29 is 80.2 Å². The first-order valence-corrected chi connectivity index (χ1v) is 44.6. The molecule has 0 aliphatic carbocycles. The highest BCUT2D eigenvalue weighted by Crippen LogP contribution is 2.45. The van der Waals surface area contributed by atoms with E-state index in [0.29, 0.717) is 25.7 Å². The molecule has 0 spiro atoms. The molecule has 0 bridgehead atoms. The van der Waals surface area contributed by atoms with Crippen LogP contribution in [0.15, 0.2) is 0 Å². The van der Waals surface area contributed by atoms with Crippen LogP contribution in [0, 0.1) is 11.8 Å². The normalized spacial score (nSPS) is 14.5. The summed E-state index contributed by atoms with van der Waals surface area (Å²) in [6, 6.07) is 0. The molecule has 0 saturated carbocycles. The van der Waals surface area contributed by atoms with E-state index in [9.17, 15) is 43.2 Å². The van der Waals surface area contributed by atoms with Crippen LogP contribution in [-0.4, -0.2) is 96.7 Å². The summed E-state index contributed by atoms with van der Waals surface area (Å²) in [6.45, 7) is 9.73. The van der Waals surface area contributed by atoms with Gasteiger partial charge >= 0.3 is 39.5 Å². The summed E-state index contributed by atoms with van der Waals surface area (Å²) >= 11 is 0. The number of ether oxygens (including phenoxy) is 4. The average Bonchev–Trinajstić information content (AvgIpc) is 1.01. The molecule has 0 radical (unpaired) electrons. The Morgan fingerprint density at radius 1 is 0.283 bits per heavy atom. The van der Waals surface area contributed by atoms with Crippen LogP contribution in [-0.2, 0) is 65.4 Å². The highest BCUT2D eigenvalue weighted by Gasteiger charge is 2.30. The molecule has 0 rings (SSSR count). The third-order valence-electron chi connectivity index (χ3n) is 19.4. The second-order valence-electron chi connectivity index (χ2n) is 29.3. The zero-order valence-corrected chi connectivity index (χ0v) is 66.6. The van der Waals surface area contributed by atoms with Gasteiger partial charge in [0.25, 0.3) is 0 Å². The molecule has 3 N–H and O–H groups in total. The molecule has 4 unspecified atom stereocenters. The van der Waals surface area contributed by atoms with Crippen molar-refractivity contribution in [3.63, 3.8) is 0 Å². The summed E-state index contributed by atoms with van der Waals surface area (Å²) in [7, 11) is -9.92. The largest absolute Gasteiger partial charge is 0.472 e. The molecule has 17 nitrogen and oxygen atoms in total. The summed E-state index contributed by atoms with van der Waals surface area (Å²) < 4.78 is 68.7. The minimum atomic E-state index is -4.96. The van der Waals surface area contributed by atoms with Crippen LogP contribution in [0.1, 0.15) is 420 Å². The predicted octanol–water partition coefficient (Wildman–Crippen LogP) is 23.9. The van der Waals surface area contributed by atoms with Crippen molar-refractivity contribution in [2.45, 2.75) is 439 Å². The standard InChI is InChI=1S/C80H156O17P2/c1-7-11-13-15-17-19-20-21-28-34-40-46-52-58-64-79(84)96-75(68-90-77(82)62-56-50-44-36-18-16-14-12-8-2)70-94-98(86,87)92-66-74(81)67-93-99(88,89)95-71-76(97-80(85)65-59-53-47-41-35-30-25-23-27-32-38-43-49-55-61-73(6)10-4)69-91-78(83)63-57-51-45-39-33-29-24-22-26-31-37-42-48-54-60-72(5)9-3/h72-76,81H,7-71H2,1-6H3,(H,86,87)(H,88,89)/t72?,73?,74-,75+,76+/m0/s1. The number of aliphatic hydroxyl groups excluding tert-OH is 1. The molecule has 0 aliphatic rings. The van der Waals surface area contributed by atoms with Crippen LogP contribution in [0.5, 0.6) is 0 Å². The number of hydrogen-bond donors (Lipinski definition) is 3. The number of carbonyl (C=O) groups is 4. The third kappa shape index (κ3) is 71.5. The lowest BCUT2D eigenvalue weighted by atomic mass is 9.99. The van der Waals surface area contributed by atoms with Crippen LogP contribution in [0.2, 0.25) is 0 Å². The zero-order valence-electron chi connectivity index (χ0n) is 64.8. The molecular weight excluding hydrogens is 1290 g/mol. The van der Waals surface area contributed by atoms with Crippen molar-refractivity contribution in [2.24, 2.45) is 11.8 Å². The van der Waals surface area contributed by atoms with Gasteiger partial charge in [0, 0.05) is 25.7 Å². The van der Waals surface area contributed by atoms with Crippen LogP contribution in [0.3, 0.4) is 0 Å². The molecule has 0 heterocycles. The molecule has 588 valence electrons. The van der Waals surface area contributed by atoms with Crippen molar-refractivity contribution in [3.05, 3.63) is 0 Å². The van der Waals surface area contributed by atoms with Gasteiger partial charge in [-0.1, -0.05) is 369 Å². The average molecular weight is 1450 g/mol. The summed E-state index contributed by atoms with van der Waals surface area (Å²) in [5.41, 5.74) is 0. The van der Waals surface area contributed by atoms with Gasteiger partial charge in [-0.3, -0.25) is 37.3 Å². The van der Waals surface area contributed by atoms with Gasteiger partial charge in [0.15, 0.2) is 12.2 Å². The van der Waals surface area contributed by atoms with E-state index in [1.807, 2.05) is 0 Å². The smallest absolute Gasteiger partial charge is 0.462 e. The van der Waals surface area contributed by atoms with E-state index < -0.39 is 97.5 Å². The van der Waals surface area contributed by atoms with Crippen molar-refractivity contribution in [2.75, 3.05) is 39.6 Å². The molecule has 0 fully saturated rings. The maximum atomic E-state index is 13.1. The van der Waals surface area contributed by atoms with Gasteiger partial charge < -0.3 is 33.8 Å². The second kappa shape index (κ2) is 71.7. The lowest BCUT2D eigenvalue weighted by molar-refractivity contribution is -0.161. The van der Waals surface area contributed by atoms with Crippen LogP contribution in [0.4, 0.5) is 0 Å². The fourth-order valence-corrected chi connectivity index (χ4v) is 13.9. The van der Waals surface area contributed by atoms with E-state index in [2.05, 4.69) is 41.5 Å². The number of rotatable bonds is 79. The summed E-state index contributed by atoms with van der Waals surface area (Å²) in [5.74, 6) is -0.413. The van der Waals surface area contributed by atoms with Gasteiger partial charge in [-0.05, 0) is 37.5 Å². The van der Waals surface area contributed by atoms with Gasteiger partial charge in [0.05, 0.1) is 26.4 Å². The van der Waals surface area contributed by atoms with E-state index in [1.54, 1.807) is 0 Å². The van der Waals surface area contributed by atoms with Crippen LogP contribution in [0.25, 0.3) is 0 Å². The fourth-order valence-electron chi connectivity index (χ4n) is 12.3. The first-order valence-electron chi connectivity index (χ1n) is 41.6. The number of unbranched alkanes of at least 4 members (excludes halogenated alkanes) is 47. The second-order valence-corrected chi connectivity index (χ2v) is 32.2. The molecule has 0 aromatic carbocycles. The first-order chi connectivity index (χ1) is 47.9. The quantitative estimate of drug-likeness (QED) is 0.0222. The number of esters is 4. The van der Waals surface area contributed by atoms with Crippen LogP contribution < -0.4 is 0 Å². The maximum absolute atomic E-state index is 13.1. The maximum Gasteiger partial charge on any atom is 0.472 e. The SMILES string of the molecule is CCCCCCCCCCCCCCCCC(=O)O[C@H](COC(=O)CCCCCCCCCCC)COP(=O)(O)OC[C@H](O)COP(=O)(O)OC[C@@H](COC(=O)CCCCCCCCCCCCCCCCC(C)CC)OC(=O)CCCCCCCCCCCCCCCCC(C)CC. The number of phosphoric ester groups is 2. The van der Waals surface area contributed by atoms with E-state index in [0.717, 1.165) is 102 Å². The zero-order chi connectivity index (χ0) is 72.8. The molecule has 0 aromatic heterocycles. The lowest BCUT2D eigenvalue weighted by Crippen LogP contribution is -2.30. The number of hydrogen-bond acceptors (Lipinski definition) is 15. The Hall–Kier alpha value is -1.94. The Bertz CT molecular complexity index is 1910. The highest BCUT2D eigenvalue weighted by molar-refractivity contribution is 7.47. The Balaban J connectivity index is 5.23. The number of aliphatic hydroxyl groups is 1. The van der Waals surface area contributed by atoms with E-state index in [4.69, 9.17) is 37.0 Å². The van der Waals surface area contributed by atoms with Crippen LogP contribution >= 0.6 is 15.6 Å². The molecule has 99 heavy (non-hydrogen) atoms. The van der Waals surface area contributed by atoms with E-state index in [-0.39, 0.29) is 25.7 Å². The van der Waals surface area contributed by atoms with Gasteiger partial charge in [-0.15, -0.1) is 0 Å². The first kappa shape index (κ1) is 97.1. The van der Waals surface area contributed by atoms with Crippen molar-refractivity contribution in [3.8, 4) is 0 Å². The topological polar surface area (TPSA) is 237 Å². The van der Waals surface area contributed by atoms with Gasteiger partial charge in [-0.2, -0.15) is 0 Å². The van der Waals surface area contributed by atoms with Crippen molar-refractivity contribution in [1.82, 2.24) is 0 Å². The predicted molar refractivity (Wildman–Crippen MR) is 405 cm³/mol.